The number of esters is 1. The summed E-state index contributed by atoms with van der Waals surface area (Å²) in [5, 5.41) is 3.33. The van der Waals surface area contributed by atoms with Crippen molar-refractivity contribution < 1.29 is 13.9 Å². The Balaban J connectivity index is 1.61. The highest BCUT2D eigenvalue weighted by atomic mass is 31.1. The third-order valence-electron chi connectivity index (χ3n) is 7.00. The topological polar surface area (TPSA) is 59.8 Å². The fraction of sp³-hybridized carbons (Fsp3) is 0.241. The second kappa shape index (κ2) is 8.98. The van der Waals surface area contributed by atoms with Crippen LogP contribution in [0.1, 0.15) is 34.3 Å². The molecule has 0 aliphatic carbocycles. The molecule has 6 heteroatoms. The molecule has 1 aromatic heterocycles. The van der Waals surface area contributed by atoms with Gasteiger partial charge in [0.15, 0.2) is 0 Å². The van der Waals surface area contributed by atoms with E-state index in [-0.39, 0.29) is 5.63 Å². The lowest BCUT2D eigenvalue weighted by atomic mass is 9.90. The number of ether oxygens (including phenoxy) is 1. The third kappa shape index (κ3) is 3.75. The molecule has 0 bridgehead atoms. The fourth-order valence-corrected chi connectivity index (χ4v) is 7.95. The minimum absolute atomic E-state index is 0.337. The molecule has 6 rings (SSSR count). The third-order valence-corrected chi connectivity index (χ3v) is 9.48. The molecule has 35 heavy (non-hydrogen) atoms. The van der Waals surface area contributed by atoms with Gasteiger partial charge in [-0.1, -0.05) is 48.5 Å². The number of nitrogens with zero attached hydrogens (tertiary/aromatic N) is 1. The molecular formula is C29H26NO4P. The van der Waals surface area contributed by atoms with Crippen LogP contribution in [0, 0.1) is 0 Å². The first-order chi connectivity index (χ1) is 17.2. The van der Waals surface area contributed by atoms with Gasteiger partial charge in [-0.3, -0.25) is 0 Å². The maximum atomic E-state index is 13.6. The van der Waals surface area contributed by atoms with Gasteiger partial charge in [-0.15, -0.1) is 0 Å². The van der Waals surface area contributed by atoms with E-state index in [4.69, 9.17) is 9.15 Å². The lowest BCUT2D eigenvalue weighted by Crippen LogP contribution is -2.35. The van der Waals surface area contributed by atoms with Crippen molar-refractivity contribution in [3.05, 3.63) is 93.8 Å². The van der Waals surface area contributed by atoms with Gasteiger partial charge in [0, 0.05) is 29.7 Å². The molecule has 0 radical (unpaired) electrons. The van der Waals surface area contributed by atoms with Crippen LogP contribution in [0.4, 0.5) is 5.69 Å². The van der Waals surface area contributed by atoms with Gasteiger partial charge in [0.25, 0.3) is 0 Å². The van der Waals surface area contributed by atoms with E-state index in [1.54, 1.807) is 6.07 Å². The van der Waals surface area contributed by atoms with Crippen LogP contribution < -0.4 is 26.4 Å². The molecule has 3 heterocycles. The Morgan fingerprint density at radius 1 is 0.943 bits per heavy atom. The van der Waals surface area contributed by atoms with Gasteiger partial charge in [0.2, 0.25) is 0 Å². The first kappa shape index (κ1) is 22.1. The summed E-state index contributed by atoms with van der Waals surface area (Å²) in [6.45, 7) is 2.13. The Bertz CT molecular complexity index is 1490. The zero-order valence-electron chi connectivity index (χ0n) is 19.6. The van der Waals surface area contributed by atoms with Gasteiger partial charge < -0.3 is 14.1 Å². The Morgan fingerprint density at radius 3 is 2.49 bits per heavy atom. The second-order valence-corrected chi connectivity index (χ2v) is 11.2. The van der Waals surface area contributed by atoms with Gasteiger partial charge in [0.1, 0.15) is 5.58 Å². The van der Waals surface area contributed by atoms with Crippen molar-refractivity contribution in [3.8, 4) is 0 Å². The highest BCUT2D eigenvalue weighted by Gasteiger charge is 2.30. The number of carbonyl (C=O) groups excluding carboxylic acids is 1. The van der Waals surface area contributed by atoms with Crippen LogP contribution in [0.25, 0.3) is 11.0 Å². The van der Waals surface area contributed by atoms with Crippen molar-refractivity contribution in [2.45, 2.75) is 25.7 Å². The molecule has 4 aromatic rings. The van der Waals surface area contributed by atoms with Crippen LogP contribution in [0.2, 0.25) is 0 Å². The molecule has 0 spiro atoms. The van der Waals surface area contributed by atoms with Crippen molar-refractivity contribution in [2.75, 3.05) is 25.1 Å². The first-order valence-electron chi connectivity index (χ1n) is 12.1. The summed E-state index contributed by atoms with van der Waals surface area (Å²) in [6.07, 6.45) is 4.18. The SMILES string of the molecule is COC(=O)c1ccccc1P(c1ccccc1)c1cc2cc3c4c(c2oc1=O)CCCN4CCC3. The zero-order valence-corrected chi connectivity index (χ0v) is 20.5. The summed E-state index contributed by atoms with van der Waals surface area (Å²) < 4.78 is 11.2. The monoisotopic (exact) mass is 483 g/mol. The van der Waals surface area contributed by atoms with Crippen LogP contribution in [0.5, 0.6) is 0 Å². The van der Waals surface area contributed by atoms with Crippen molar-refractivity contribution in [3.63, 3.8) is 0 Å². The summed E-state index contributed by atoms with van der Waals surface area (Å²) in [7, 11) is 0.0448. The van der Waals surface area contributed by atoms with Crippen LogP contribution in [0.3, 0.4) is 0 Å². The molecule has 0 amide bonds. The van der Waals surface area contributed by atoms with E-state index in [0.717, 1.165) is 54.8 Å². The summed E-state index contributed by atoms with van der Waals surface area (Å²) >= 11 is 0. The van der Waals surface area contributed by atoms with Crippen LogP contribution >= 0.6 is 7.92 Å². The quantitative estimate of drug-likeness (QED) is 0.249. The van der Waals surface area contributed by atoms with Crippen molar-refractivity contribution in [2.24, 2.45) is 0 Å². The van der Waals surface area contributed by atoms with Crippen molar-refractivity contribution in [1.82, 2.24) is 0 Å². The number of aryl methyl sites for hydroxylation is 2. The highest BCUT2D eigenvalue weighted by molar-refractivity contribution is 7.80. The Kier molecular flexibility index (Phi) is 5.66. The molecule has 3 aromatic carbocycles. The van der Waals surface area contributed by atoms with Crippen molar-refractivity contribution >= 4 is 46.5 Å². The van der Waals surface area contributed by atoms with Gasteiger partial charge in [-0.2, -0.15) is 0 Å². The lowest BCUT2D eigenvalue weighted by molar-refractivity contribution is 0.0602. The molecule has 0 N–H and O–H groups in total. The molecule has 1 atom stereocenters. The molecule has 176 valence electrons. The summed E-state index contributed by atoms with van der Waals surface area (Å²) in [5.74, 6) is -0.409. The van der Waals surface area contributed by atoms with Gasteiger partial charge >= 0.3 is 11.6 Å². The molecule has 0 saturated carbocycles. The maximum absolute atomic E-state index is 13.6. The number of methoxy groups -OCH3 is 1. The lowest BCUT2D eigenvalue weighted by Gasteiger charge is -2.37. The number of rotatable bonds is 4. The highest BCUT2D eigenvalue weighted by Crippen LogP contribution is 2.41. The minimum Gasteiger partial charge on any atom is -0.465 e. The van der Waals surface area contributed by atoms with E-state index < -0.39 is 13.9 Å². The molecule has 0 saturated heterocycles. The minimum atomic E-state index is -1.34. The molecule has 5 nitrogen and oxygen atoms in total. The molecule has 2 aliphatic rings. The number of benzene rings is 3. The van der Waals surface area contributed by atoms with E-state index in [1.807, 2.05) is 54.6 Å². The van der Waals surface area contributed by atoms with Crippen LogP contribution in [0.15, 0.2) is 75.9 Å². The van der Waals surface area contributed by atoms with E-state index in [9.17, 15) is 9.59 Å². The van der Waals surface area contributed by atoms with E-state index in [0.29, 0.717) is 16.5 Å². The first-order valence-corrected chi connectivity index (χ1v) is 13.4. The Hall–Kier alpha value is -3.43. The number of hydrogen-bond donors (Lipinski definition) is 0. The van der Waals surface area contributed by atoms with Crippen molar-refractivity contribution in [1.29, 1.82) is 0 Å². The Labute approximate surface area is 205 Å². The van der Waals surface area contributed by atoms with Gasteiger partial charge in [-0.05, 0) is 68.0 Å². The van der Waals surface area contributed by atoms with Crippen LogP contribution in [-0.2, 0) is 17.6 Å². The average molecular weight is 484 g/mol. The van der Waals surface area contributed by atoms with E-state index in [1.165, 1.54) is 23.9 Å². The van der Waals surface area contributed by atoms with Gasteiger partial charge in [-0.25, -0.2) is 9.59 Å². The summed E-state index contributed by atoms with van der Waals surface area (Å²) in [4.78, 5) is 28.7. The molecule has 2 aliphatic heterocycles. The second-order valence-electron chi connectivity index (χ2n) is 9.07. The normalized spacial score (nSPS) is 15.5. The predicted octanol–water partition coefficient (Wildman–Crippen LogP) is 4.04. The van der Waals surface area contributed by atoms with Crippen LogP contribution in [-0.4, -0.2) is 26.2 Å². The number of fused-ring (bicyclic) bond motifs is 2. The average Bonchev–Trinajstić information content (AvgIpc) is 2.90. The predicted molar refractivity (Wildman–Crippen MR) is 141 cm³/mol. The standard InChI is InChI=1S/C29H26NO4P/c1-33-28(31)22-12-5-6-14-24(22)35(21-10-3-2-4-11-21)25-18-20-17-19-9-7-15-30-16-8-13-23(26(19)30)27(20)34-29(25)32/h2-6,10-12,14,17-18H,7-9,13,15-16H2,1H3. The summed E-state index contributed by atoms with van der Waals surface area (Å²) in [5.41, 5.74) is 4.65. The fourth-order valence-electron chi connectivity index (χ4n) is 5.53. The molecule has 0 fully saturated rings. The number of anilines is 1. The smallest absolute Gasteiger partial charge is 0.344 e. The Morgan fingerprint density at radius 2 is 1.69 bits per heavy atom. The van der Waals surface area contributed by atoms with Gasteiger partial charge in [0.05, 0.1) is 18.0 Å². The number of carbonyl (C=O) groups is 1. The molecular weight excluding hydrogens is 457 g/mol. The van der Waals surface area contributed by atoms with E-state index >= 15 is 0 Å². The summed E-state index contributed by atoms with van der Waals surface area (Å²) in [6, 6.07) is 21.5. The molecule has 1 unspecified atom stereocenters. The largest absolute Gasteiger partial charge is 0.465 e. The van der Waals surface area contributed by atoms with E-state index in [2.05, 4.69) is 11.0 Å². The maximum Gasteiger partial charge on any atom is 0.344 e. The number of hydrogen-bond acceptors (Lipinski definition) is 5. The zero-order chi connectivity index (χ0) is 23.9.